The molecule has 102 valence electrons. The maximum absolute atomic E-state index is 12.6. The summed E-state index contributed by atoms with van der Waals surface area (Å²) < 4.78 is 0. The first-order chi connectivity index (χ1) is 10.0. The monoisotopic (exact) mass is 274 g/mol. The quantitative estimate of drug-likeness (QED) is 0.798. The molecule has 1 aliphatic carbocycles. The first-order valence-corrected chi connectivity index (χ1v) is 6.76. The maximum Gasteiger partial charge on any atom is 0.172 e. The molecule has 3 nitrogen and oxygen atoms in total. The van der Waals surface area contributed by atoms with Gasteiger partial charge in [0.1, 0.15) is 0 Å². The molecule has 0 unspecified atom stereocenters. The predicted octanol–water partition coefficient (Wildman–Crippen LogP) is 3.61. The number of benzene rings is 1. The minimum Gasteiger partial charge on any atom is -0.293 e. The Bertz CT molecular complexity index is 796. The molecule has 1 heterocycles. The van der Waals surface area contributed by atoms with E-state index in [0.717, 1.165) is 16.8 Å². The van der Waals surface area contributed by atoms with Gasteiger partial charge in [0, 0.05) is 22.7 Å². The van der Waals surface area contributed by atoms with E-state index in [1.807, 2.05) is 38.1 Å². The predicted molar refractivity (Wildman–Crippen MR) is 80.6 cm³/mol. The van der Waals surface area contributed by atoms with Crippen molar-refractivity contribution in [3.63, 3.8) is 0 Å². The maximum atomic E-state index is 12.6. The molecular formula is C18H14N2O. The number of hydrogen-bond donors (Lipinski definition) is 0. The third-order valence-electron chi connectivity index (χ3n) is 3.71. The summed E-state index contributed by atoms with van der Waals surface area (Å²) in [5, 5.41) is 9.09. The number of ketones is 1. The van der Waals surface area contributed by atoms with E-state index in [2.05, 4.69) is 11.1 Å². The fraction of sp³-hybridized carbons (Fsp3) is 0.167. The SMILES string of the molecule is CC1(C)C=C(c2ccccn2)c2cc(C#N)ccc2C1=O. The van der Waals surface area contributed by atoms with Crippen molar-refractivity contribution in [1.82, 2.24) is 4.98 Å². The van der Waals surface area contributed by atoms with Crippen molar-refractivity contribution in [2.75, 3.05) is 0 Å². The fourth-order valence-electron chi connectivity index (χ4n) is 2.62. The molecule has 2 aromatic rings. The minimum atomic E-state index is -0.575. The van der Waals surface area contributed by atoms with Crippen LogP contribution in [-0.4, -0.2) is 10.8 Å². The second-order valence-electron chi connectivity index (χ2n) is 5.70. The van der Waals surface area contributed by atoms with Crippen LogP contribution in [0.1, 0.15) is 41.0 Å². The van der Waals surface area contributed by atoms with Crippen molar-refractivity contribution in [2.24, 2.45) is 5.41 Å². The van der Waals surface area contributed by atoms with E-state index in [9.17, 15) is 4.79 Å². The molecule has 0 spiro atoms. The number of rotatable bonds is 1. The number of nitriles is 1. The topological polar surface area (TPSA) is 53.8 Å². The summed E-state index contributed by atoms with van der Waals surface area (Å²) in [6, 6.07) is 13.0. The molecule has 0 amide bonds. The van der Waals surface area contributed by atoms with Gasteiger partial charge in [0.2, 0.25) is 0 Å². The van der Waals surface area contributed by atoms with Crippen molar-refractivity contribution in [3.05, 3.63) is 71.1 Å². The smallest absolute Gasteiger partial charge is 0.172 e. The van der Waals surface area contributed by atoms with Gasteiger partial charge in [-0.05, 0) is 49.7 Å². The highest BCUT2D eigenvalue weighted by atomic mass is 16.1. The summed E-state index contributed by atoms with van der Waals surface area (Å²) in [5.74, 6) is 0.0710. The van der Waals surface area contributed by atoms with Crippen molar-refractivity contribution in [3.8, 4) is 6.07 Å². The van der Waals surface area contributed by atoms with Crippen molar-refractivity contribution in [2.45, 2.75) is 13.8 Å². The second-order valence-corrected chi connectivity index (χ2v) is 5.70. The molecule has 0 N–H and O–H groups in total. The first-order valence-electron chi connectivity index (χ1n) is 6.76. The van der Waals surface area contributed by atoms with Crippen LogP contribution in [0.15, 0.2) is 48.7 Å². The van der Waals surface area contributed by atoms with Gasteiger partial charge in [0.05, 0.1) is 17.3 Å². The molecule has 1 aliphatic rings. The Morgan fingerprint density at radius 1 is 1.14 bits per heavy atom. The average molecular weight is 274 g/mol. The number of carbonyl (C=O) groups is 1. The van der Waals surface area contributed by atoms with Crippen LogP contribution in [0.3, 0.4) is 0 Å². The Labute approximate surface area is 123 Å². The van der Waals surface area contributed by atoms with Crippen molar-refractivity contribution < 1.29 is 4.79 Å². The van der Waals surface area contributed by atoms with Crippen LogP contribution in [0.2, 0.25) is 0 Å². The Morgan fingerprint density at radius 3 is 2.62 bits per heavy atom. The zero-order valence-corrected chi connectivity index (χ0v) is 11.9. The number of pyridine rings is 1. The second kappa shape index (κ2) is 4.68. The van der Waals surface area contributed by atoms with Gasteiger partial charge in [-0.25, -0.2) is 0 Å². The molecule has 0 radical (unpaired) electrons. The number of allylic oxidation sites excluding steroid dienone is 1. The number of Topliss-reactive ketones (excluding diaryl/α,β-unsaturated/α-hetero) is 1. The Balaban J connectivity index is 2.29. The Hall–Kier alpha value is -2.73. The van der Waals surface area contributed by atoms with Gasteiger partial charge in [0.25, 0.3) is 0 Å². The third-order valence-corrected chi connectivity index (χ3v) is 3.71. The lowest BCUT2D eigenvalue weighted by Crippen LogP contribution is -2.27. The summed E-state index contributed by atoms with van der Waals surface area (Å²) >= 11 is 0. The summed E-state index contributed by atoms with van der Waals surface area (Å²) in [6.45, 7) is 3.80. The zero-order chi connectivity index (χ0) is 15.0. The fourth-order valence-corrected chi connectivity index (χ4v) is 2.62. The molecule has 0 saturated heterocycles. The third kappa shape index (κ3) is 2.15. The number of hydrogen-bond acceptors (Lipinski definition) is 3. The van der Waals surface area contributed by atoms with E-state index >= 15 is 0 Å². The lowest BCUT2D eigenvalue weighted by molar-refractivity contribution is 0.0883. The average Bonchev–Trinajstić information content (AvgIpc) is 2.51. The normalized spacial score (nSPS) is 15.9. The highest BCUT2D eigenvalue weighted by Crippen LogP contribution is 2.39. The van der Waals surface area contributed by atoms with E-state index < -0.39 is 5.41 Å². The molecule has 0 saturated carbocycles. The van der Waals surface area contributed by atoms with Crippen LogP contribution in [-0.2, 0) is 0 Å². The van der Waals surface area contributed by atoms with Crippen LogP contribution < -0.4 is 0 Å². The molecule has 1 aromatic heterocycles. The molecule has 3 heteroatoms. The van der Waals surface area contributed by atoms with Gasteiger partial charge in [-0.2, -0.15) is 5.26 Å². The van der Waals surface area contributed by atoms with E-state index in [-0.39, 0.29) is 5.78 Å². The van der Waals surface area contributed by atoms with E-state index in [4.69, 9.17) is 5.26 Å². The van der Waals surface area contributed by atoms with Gasteiger partial charge >= 0.3 is 0 Å². The molecule has 0 atom stereocenters. The Morgan fingerprint density at radius 2 is 1.95 bits per heavy atom. The number of fused-ring (bicyclic) bond motifs is 1. The first kappa shape index (κ1) is 13.3. The zero-order valence-electron chi connectivity index (χ0n) is 11.9. The van der Waals surface area contributed by atoms with Crippen LogP contribution in [0, 0.1) is 16.7 Å². The molecule has 3 rings (SSSR count). The summed E-state index contributed by atoms with van der Waals surface area (Å²) in [7, 11) is 0. The molecule has 0 bridgehead atoms. The van der Waals surface area contributed by atoms with E-state index in [0.29, 0.717) is 11.1 Å². The highest BCUT2D eigenvalue weighted by molar-refractivity contribution is 6.10. The standard InChI is InChI=1S/C18H14N2O/c1-18(2)10-15(16-5-3-4-8-20-16)14-9-12(11-19)6-7-13(14)17(18)21/h3-10H,1-2H3. The van der Waals surface area contributed by atoms with Gasteiger partial charge in [-0.3, -0.25) is 9.78 Å². The lowest BCUT2D eigenvalue weighted by Gasteiger charge is -2.28. The molecule has 1 aromatic carbocycles. The van der Waals surface area contributed by atoms with Crippen molar-refractivity contribution >= 4 is 11.4 Å². The van der Waals surface area contributed by atoms with Crippen LogP contribution >= 0.6 is 0 Å². The lowest BCUT2D eigenvalue weighted by atomic mass is 9.74. The van der Waals surface area contributed by atoms with Gasteiger partial charge in [0.15, 0.2) is 5.78 Å². The van der Waals surface area contributed by atoms with Crippen LogP contribution in [0.25, 0.3) is 5.57 Å². The van der Waals surface area contributed by atoms with Gasteiger partial charge in [-0.1, -0.05) is 12.1 Å². The van der Waals surface area contributed by atoms with Crippen LogP contribution in [0.4, 0.5) is 0 Å². The number of aromatic nitrogens is 1. The molecular weight excluding hydrogens is 260 g/mol. The summed E-state index contributed by atoms with van der Waals surface area (Å²) in [5.41, 5.74) is 3.14. The number of nitrogens with zero attached hydrogens (tertiary/aromatic N) is 2. The summed E-state index contributed by atoms with van der Waals surface area (Å²) in [4.78, 5) is 17.0. The van der Waals surface area contributed by atoms with E-state index in [1.54, 1.807) is 24.4 Å². The number of carbonyl (C=O) groups excluding carboxylic acids is 1. The van der Waals surface area contributed by atoms with Gasteiger partial charge < -0.3 is 0 Å². The summed E-state index contributed by atoms with van der Waals surface area (Å²) in [6.07, 6.45) is 3.68. The van der Waals surface area contributed by atoms with E-state index in [1.165, 1.54) is 0 Å². The van der Waals surface area contributed by atoms with Gasteiger partial charge in [-0.15, -0.1) is 0 Å². The van der Waals surface area contributed by atoms with Crippen LogP contribution in [0.5, 0.6) is 0 Å². The minimum absolute atomic E-state index is 0.0710. The van der Waals surface area contributed by atoms with Crippen molar-refractivity contribution in [1.29, 1.82) is 5.26 Å². The molecule has 0 fully saturated rings. The highest BCUT2D eigenvalue weighted by Gasteiger charge is 2.34. The Kier molecular flexibility index (Phi) is 2.95. The molecule has 0 aliphatic heterocycles. The molecule has 21 heavy (non-hydrogen) atoms. The largest absolute Gasteiger partial charge is 0.293 e.